The first kappa shape index (κ1) is 26.3. The van der Waals surface area contributed by atoms with Gasteiger partial charge in [0.25, 0.3) is 0 Å². The standard InChI is InChI=1S/C27H13F9N2O/c28-25(29,30)17-12-20(26(31,32)33)22(27(34,35)36)21(13-17)39-24-19-11-16-9-5-4-8-15(16)10-18(19)23(37-38-24)14-6-2-1-3-7-14/h1-13H. The highest BCUT2D eigenvalue weighted by Gasteiger charge is 2.48. The van der Waals surface area contributed by atoms with Crippen molar-refractivity contribution >= 4 is 21.5 Å². The van der Waals surface area contributed by atoms with Crippen LogP contribution in [0.25, 0.3) is 32.8 Å². The van der Waals surface area contributed by atoms with Crippen molar-refractivity contribution in [3.8, 4) is 22.9 Å². The Labute approximate surface area is 213 Å². The quantitative estimate of drug-likeness (QED) is 0.165. The third-order valence-corrected chi connectivity index (χ3v) is 5.88. The molecule has 0 fully saturated rings. The molecule has 0 radical (unpaired) electrons. The van der Waals surface area contributed by atoms with Gasteiger partial charge < -0.3 is 4.74 Å². The van der Waals surface area contributed by atoms with E-state index in [0.29, 0.717) is 21.7 Å². The minimum Gasteiger partial charge on any atom is -0.436 e. The smallest absolute Gasteiger partial charge is 0.420 e. The van der Waals surface area contributed by atoms with E-state index in [1.165, 1.54) is 6.07 Å². The van der Waals surface area contributed by atoms with Gasteiger partial charge in [-0.3, -0.25) is 0 Å². The molecule has 5 aromatic rings. The number of ether oxygens (including phenoxy) is 1. The average Bonchev–Trinajstić information content (AvgIpc) is 2.86. The van der Waals surface area contributed by atoms with Gasteiger partial charge in [0.05, 0.1) is 11.1 Å². The van der Waals surface area contributed by atoms with Crippen LogP contribution in [0.4, 0.5) is 39.5 Å². The predicted molar refractivity (Wildman–Crippen MR) is 124 cm³/mol. The summed E-state index contributed by atoms with van der Waals surface area (Å²) in [5.74, 6) is -2.41. The summed E-state index contributed by atoms with van der Waals surface area (Å²) in [5, 5.41) is 9.40. The van der Waals surface area contributed by atoms with E-state index in [1.54, 1.807) is 60.7 Å². The Hall–Kier alpha value is -4.35. The second kappa shape index (κ2) is 9.14. The maximum absolute atomic E-state index is 13.9. The monoisotopic (exact) mass is 552 g/mol. The minimum atomic E-state index is -5.77. The number of benzene rings is 4. The summed E-state index contributed by atoms with van der Waals surface area (Å²) in [5.41, 5.74) is -6.08. The number of hydrogen-bond acceptors (Lipinski definition) is 3. The van der Waals surface area contributed by atoms with Gasteiger partial charge in [-0.2, -0.15) is 39.5 Å². The Morgan fingerprint density at radius 2 is 1.15 bits per heavy atom. The summed E-state index contributed by atoms with van der Waals surface area (Å²) >= 11 is 0. The molecular formula is C27H13F9N2O. The zero-order chi connectivity index (χ0) is 28.2. The van der Waals surface area contributed by atoms with Crippen LogP contribution in [0.2, 0.25) is 0 Å². The molecule has 0 bridgehead atoms. The fraction of sp³-hybridized carbons (Fsp3) is 0.111. The number of alkyl halides is 9. The van der Waals surface area contributed by atoms with E-state index in [0.717, 1.165) is 0 Å². The Bertz CT molecular complexity index is 1690. The Balaban J connectivity index is 1.81. The van der Waals surface area contributed by atoms with Crippen LogP contribution in [-0.2, 0) is 18.5 Å². The van der Waals surface area contributed by atoms with Gasteiger partial charge in [-0.05, 0) is 35.0 Å². The van der Waals surface area contributed by atoms with Crippen LogP contribution >= 0.6 is 0 Å². The summed E-state index contributed by atoms with van der Waals surface area (Å²) in [4.78, 5) is 0. The molecule has 0 aliphatic heterocycles. The van der Waals surface area contributed by atoms with Gasteiger partial charge in [0, 0.05) is 16.3 Å². The number of halogens is 9. The van der Waals surface area contributed by atoms with Crippen molar-refractivity contribution < 1.29 is 44.3 Å². The predicted octanol–water partition coefficient (Wildman–Crippen LogP) is 9.30. The molecule has 39 heavy (non-hydrogen) atoms. The molecule has 5 rings (SSSR count). The first-order valence-electron chi connectivity index (χ1n) is 11.1. The van der Waals surface area contributed by atoms with Gasteiger partial charge in [-0.25, -0.2) is 0 Å². The highest BCUT2D eigenvalue weighted by atomic mass is 19.4. The number of rotatable bonds is 3. The molecule has 0 aliphatic carbocycles. The Kier molecular flexibility index (Phi) is 6.15. The molecule has 0 unspecified atom stereocenters. The van der Waals surface area contributed by atoms with Crippen LogP contribution in [0.15, 0.2) is 78.9 Å². The maximum atomic E-state index is 13.9. The third-order valence-electron chi connectivity index (χ3n) is 5.88. The van der Waals surface area contributed by atoms with E-state index in [9.17, 15) is 39.5 Å². The molecule has 0 aliphatic rings. The van der Waals surface area contributed by atoms with Crippen molar-refractivity contribution in [3.05, 3.63) is 95.6 Å². The van der Waals surface area contributed by atoms with Crippen LogP contribution in [-0.4, -0.2) is 10.2 Å². The third kappa shape index (κ3) is 5.06. The second-order valence-electron chi connectivity index (χ2n) is 8.46. The molecule has 0 spiro atoms. The van der Waals surface area contributed by atoms with E-state index < -0.39 is 52.9 Å². The molecule has 0 saturated carbocycles. The van der Waals surface area contributed by atoms with Gasteiger partial charge in [-0.1, -0.05) is 54.6 Å². The number of nitrogens with zero attached hydrogens (tertiary/aromatic N) is 2. The minimum absolute atomic E-state index is 0.0293. The van der Waals surface area contributed by atoms with Crippen LogP contribution in [0, 0.1) is 0 Å². The number of fused-ring (bicyclic) bond motifs is 2. The lowest BCUT2D eigenvalue weighted by molar-refractivity contribution is -0.164. The molecule has 12 heteroatoms. The van der Waals surface area contributed by atoms with Gasteiger partial charge in [0.15, 0.2) is 0 Å². The average molecular weight is 552 g/mol. The highest BCUT2D eigenvalue weighted by molar-refractivity contribution is 6.05. The van der Waals surface area contributed by atoms with Crippen molar-refractivity contribution in [2.24, 2.45) is 0 Å². The molecule has 200 valence electrons. The summed E-state index contributed by atoms with van der Waals surface area (Å²) in [7, 11) is 0. The lowest BCUT2D eigenvalue weighted by atomic mass is 10.00. The van der Waals surface area contributed by atoms with Crippen molar-refractivity contribution in [2.75, 3.05) is 0 Å². The van der Waals surface area contributed by atoms with E-state index >= 15 is 0 Å². The fourth-order valence-electron chi connectivity index (χ4n) is 4.18. The first-order valence-corrected chi connectivity index (χ1v) is 11.1. The summed E-state index contributed by atoms with van der Waals surface area (Å²) in [6.45, 7) is 0. The van der Waals surface area contributed by atoms with E-state index in [1.807, 2.05) is 0 Å². The molecule has 0 N–H and O–H groups in total. The highest BCUT2D eigenvalue weighted by Crippen LogP contribution is 2.49. The number of aromatic nitrogens is 2. The van der Waals surface area contributed by atoms with E-state index in [4.69, 9.17) is 4.74 Å². The largest absolute Gasteiger partial charge is 0.436 e. The molecule has 3 nitrogen and oxygen atoms in total. The van der Waals surface area contributed by atoms with Gasteiger partial charge in [0.2, 0.25) is 5.88 Å². The van der Waals surface area contributed by atoms with Gasteiger partial charge in [0.1, 0.15) is 17.0 Å². The van der Waals surface area contributed by atoms with Gasteiger partial charge >= 0.3 is 18.5 Å². The van der Waals surface area contributed by atoms with Crippen molar-refractivity contribution in [1.82, 2.24) is 10.2 Å². The summed E-state index contributed by atoms with van der Waals surface area (Å²) in [6.07, 6.45) is -16.9. The first-order chi connectivity index (χ1) is 18.2. The molecule has 0 saturated heterocycles. The zero-order valence-corrected chi connectivity index (χ0v) is 19.2. The SMILES string of the molecule is FC(F)(F)c1cc(Oc2nnc(-c3ccccc3)c3cc4ccccc4cc23)c(C(F)(F)F)c(C(F)(F)F)c1. The summed E-state index contributed by atoms with van der Waals surface area (Å²) in [6, 6.07) is 17.7. The topological polar surface area (TPSA) is 35.0 Å². The summed E-state index contributed by atoms with van der Waals surface area (Å²) < 4.78 is 128. The van der Waals surface area contributed by atoms with Crippen molar-refractivity contribution in [3.63, 3.8) is 0 Å². The van der Waals surface area contributed by atoms with Gasteiger partial charge in [-0.15, -0.1) is 10.2 Å². The van der Waals surface area contributed by atoms with Crippen molar-refractivity contribution in [1.29, 1.82) is 0 Å². The molecular weight excluding hydrogens is 539 g/mol. The van der Waals surface area contributed by atoms with E-state index in [-0.39, 0.29) is 17.1 Å². The van der Waals surface area contributed by atoms with Crippen LogP contribution in [0.1, 0.15) is 16.7 Å². The van der Waals surface area contributed by atoms with E-state index in [2.05, 4.69) is 10.2 Å². The molecule has 1 aromatic heterocycles. The van der Waals surface area contributed by atoms with Crippen LogP contribution in [0.3, 0.4) is 0 Å². The zero-order valence-electron chi connectivity index (χ0n) is 19.2. The van der Waals surface area contributed by atoms with Crippen molar-refractivity contribution in [2.45, 2.75) is 18.5 Å². The van der Waals surface area contributed by atoms with Crippen LogP contribution < -0.4 is 4.74 Å². The Morgan fingerprint density at radius 3 is 1.72 bits per heavy atom. The molecule has 1 heterocycles. The Morgan fingerprint density at radius 1 is 0.564 bits per heavy atom. The molecule has 0 atom stereocenters. The lowest BCUT2D eigenvalue weighted by Gasteiger charge is -2.21. The molecule has 4 aromatic carbocycles. The fourth-order valence-corrected chi connectivity index (χ4v) is 4.18. The maximum Gasteiger partial charge on any atom is 0.420 e. The lowest BCUT2D eigenvalue weighted by Crippen LogP contribution is -2.20. The van der Waals surface area contributed by atoms with Crippen LogP contribution in [0.5, 0.6) is 11.6 Å². The number of hydrogen-bond donors (Lipinski definition) is 0. The second-order valence-corrected chi connectivity index (χ2v) is 8.46. The normalized spacial score (nSPS) is 12.7. The molecule has 0 amide bonds.